The van der Waals surface area contributed by atoms with Crippen LogP contribution in [0.5, 0.6) is 0 Å². The first-order valence-corrected chi connectivity index (χ1v) is 6.60. The highest BCUT2D eigenvalue weighted by Gasteiger charge is 2.21. The first-order chi connectivity index (χ1) is 8.95. The molecule has 0 aliphatic heterocycles. The maximum absolute atomic E-state index is 12.1. The van der Waals surface area contributed by atoms with Crippen LogP contribution in [0.25, 0.3) is 0 Å². The molecule has 0 bridgehead atoms. The summed E-state index contributed by atoms with van der Waals surface area (Å²) in [5.74, 6) is -2.27. The summed E-state index contributed by atoms with van der Waals surface area (Å²) in [6.07, 6.45) is 1.59. The first-order valence-electron chi connectivity index (χ1n) is 5.72. The monoisotopic (exact) mass is 285 g/mol. The first kappa shape index (κ1) is 15.1. The highest BCUT2D eigenvalue weighted by molar-refractivity contribution is 7.11. The van der Waals surface area contributed by atoms with Crippen LogP contribution in [0.2, 0.25) is 0 Å². The molecule has 104 valence electrons. The fourth-order valence-electron chi connectivity index (χ4n) is 1.39. The van der Waals surface area contributed by atoms with E-state index >= 15 is 0 Å². The van der Waals surface area contributed by atoms with Gasteiger partial charge in [0.15, 0.2) is 10.7 Å². The zero-order chi connectivity index (χ0) is 14.4. The summed E-state index contributed by atoms with van der Waals surface area (Å²) >= 11 is 0.940. The molecule has 3 N–H and O–H groups in total. The predicted molar refractivity (Wildman–Crippen MR) is 69.1 cm³/mol. The van der Waals surface area contributed by atoms with Crippen LogP contribution in [0.3, 0.4) is 0 Å². The summed E-state index contributed by atoms with van der Waals surface area (Å²) in [6, 6.07) is 0. The topological polar surface area (TPSA) is 114 Å². The lowest BCUT2D eigenvalue weighted by Crippen LogP contribution is -2.39. The van der Waals surface area contributed by atoms with E-state index in [1.54, 1.807) is 0 Å². The van der Waals surface area contributed by atoms with Gasteiger partial charge in [-0.1, -0.05) is 13.3 Å². The zero-order valence-corrected chi connectivity index (χ0v) is 11.3. The predicted octanol–water partition coefficient (Wildman–Crippen LogP) is 0.569. The van der Waals surface area contributed by atoms with Crippen LogP contribution in [0.4, 0.5) is 0 Å². The normalized spacial score (nSPS) is 10.2. The average molecular weight is 285 g/mol. The number of primary amides is 1. The van der Waals surface area contributed by atoms with Crippen molar-refractivity contribution in [2.75, 3.05) is 13.1 Å². The molecule has 1 aromatic heterocycles. The van der Waals surface area contributed by atoms with Crippen molar-refractivity contribution in [2.24, 2.45) is 5.73 Å². The number of unbranched alkanes of at least 4 members (excludes halogenated alkanes) is 1. The Bertz CT molecular complexity index is 486. The van der Waals surface area contributed by atoms with Gasteiger partial charge in [0.05, 0.1) is 6.54 Å². The molecule has 19 heavy (non-hydrogen) atoms. The van der Waals surface area contributed by atoms with Gasteiger partial charge >= 0.3 is 5.97 Å². The van der Waals surface area contributed by atoms with Crippen molar-refractivity contribution in [3.8, 4) is 0 Å². The second kappa shape index (κ2) is 6.83. The third kappa shape index (κ3) is 4.32. The van der Waals surface area contributed by atoms with Crippen LogP contribution < -0.4 is 5.73 Å². The highest BCUT2D eigenvalue weighted by Crippen LogP contribution is 2.13. The molecule has 0 saturated heterocycles. The number of aromatic carboxylic acids is 1. The van der Waals surface area contributed by atoms with Crippen LogP contribution >= 0.6 is 11.3 Å². The van der Waals surface area contributed by atoms with Crippen molar-refractivity contribution in [1.29, 1.82) is 0 Å². The van der Waals surface area contributed by atoms with Gasteiger partial charge in [0.2, 0.25) is 5.91 Å². The van der Waals surface area contributed by atoms with Gasteiger partial charge in [0.1, 0.15) is 0 Å². The van der Waals surface area contributed by atoms with Crippen molar-refractivity contribution in [3.05, 3.63) is 16.1 Å². The van der Waals surface area contributed by atoms with Gasteiger partial charge in [-0.3, -0.25) is 9.59 Å². The lowest BCUT2D eigenvalue weighted by molar-refractivity contribution is -0.118. The molecule has 0 unspecified atom stereocenters. The van der Waals surface area contributed by atoms with E-state index in [1.165, 1.54) is 10.3 Å². The highest BCUT2D eigenvalue weighted by atomic mass is 32.1. The van der Waals surface area contributed by atoms with Gasteiger partial charge < -0.3 is 15.7 Å². The Morgan fingerprint density at radius 1 is 1.47 bits per heavy atom. The van der Waals surface area contributed by atoms with Gasteiger partial charge in [-0.2, -0.15) is 0 Å². The maximum Gasteiger partial charge on any atom is 0.355 e. The third-order valence-electron chi connectivity index (χ3n) is 2.32. The summed E-state index contributed by atoms with van der Waals surface area (Å²) in [5, 5.41) is 10.1. The smallest absolute Gasteiger partial charge is 0.355 e. The molecule has 0 aromatic carbocycles. The van der Waals surface area contributed by atoms with Crippen LogP contribution in [0.15, 0.2) is 5.38 Å². The van der Waals surface area contributed by atoms with Crippen molar-refractivity contribution in [1.82, 2.24) is 9.88 Å². The molecule has 0 radical (unpaired) electrons. The molecule has 7 nitrogen and oxygen atoms in total. The molecule has 1 aromatic rings. The summed E-state index contributed by atoms with van der Waals surface area (Å²) < 4.78 is 0. The fraction of sp³-hybridized carbons (Fsp3) is 0.455. The molecule has 1 heterocycles. The molecular weight excluding hydrogens is 270 g/mol. The Morgan fingerprint density at radius 3 is 2.63 bits per heavy atom. The fourth-order valence-corrected chi connectivity index (χ4v) is 2.15. The lowest BCUT2D eigenvalue weighted by atomic mass is 10.3. The van der Waals surface area contributed by atoms with Crippen molar-refractivity contribution in [3.63, 3.8) is 0 Å². The molecule has 0 aliphatic rings. The van der Waals surface area contributed by atoms with Crippen LogP contribution in [0, 0.1) is 0 Å². The van der Waals surface area contributed by atoms with Gasteiger partial charge in [-0.15, -0.1) is 11.3 Å². The number of nitrogens with zero attached hydrogens (tertiary/aromatic N) is 2. The number of hydrogen-bond donors (Lipinski definition) is 2. The van der Waals surface area contributed by atoms with E-state index in [2.05, 4.69) is 4.98 Å². The molecule has 0 saturated carbocycles. The van der Waals surface area contributed by atoms with Crippen molar-refractivity contribution in [2.45, 2.75) is 19.8 Å². The van der Waals surface area contributed by atoms with Gasteiger partial charge in [0.25, 0.3) is 5.91 Å². The van der Waals surface area contributed by atoms with E-state index in [9.17, 15) is 14.4 Å². The van der Waals surface area contributed by atoms with Crippen LogP contribution in [-0.2, 0) is 4.79 Å². The average Bonchev–Trinajstić information content (AvgIpc) is 2.82. The number of amides is 2. The Morgan fingerprint density at radius 2 is 2.16 bits per heavy atom. The number of carbonyl (C=O) groups is 3. The zero-order valence-electron chi connectivity index (χ0n) is 10.5. The Balaban J connectivity index is 2.84. The van der Waals surface area contributed by atoms with E-state index in [0.29, 0.717) is 6.54 Å². The molecule has 0 spiro atoms. The third-order valence-corrected chi connectivity index (χ3v) is 3.15. The second-order valence-electron chi connectivity index (χ2n) is 3.89. The number of rotatable bonds is 7. The SMILES string of the molecule is CCCCN(CC(N)=O)C(=O)c1nc(C(=O)O)cs1. The molecule has 2 amide bonds. The maximum atomic E-state index is 12.1. The van der Waals surface area contributed by atoms with E-state index in [4.69, 9.17) is 10.8 Å². The lowest BCUT2D eigenvalue weighted by Gasteiger charge is -2.19. The molecule has 0 aliphatic carbocycles. The summed E-state index contributed by atoms with van der Waals surface area (Å²) in [4.78, 5) is 38.7. The van der Waals surface area contributed by atoms with E-state index in [1.807, 2.05) is 6.92 Å². The number of carbonyl (C=O) groups excluding carboxylic acids is 2. The molecular formula is C11H15N3O4S. The van der Waals surface area contributed by atoms with Gasteiger partial charge in [-0.05, 0) is 6.42 Å². The molecule has 0 fully saturated rings. The Labute approximate surface area is 114 Å². The minimum atomic E-state index is -1.19. The van der Waals surface area contributed by atoms with Crippen LogP contribution in [0.1, 0.15) is 40.1 Å². The number of carboxylic acids is 1. The van der Waals surface area contributed by atoms with E-state index in [0.717, 1.165) is 24.2 Å². The summed E-state index contributed by atoms with van der Waals surface area (Å²) in [6.45, 7) is 2.15. The number of nitrogens with two attached hydrogens (primary N) is 1. The second-order valence-corrected chi connectivity index (χ2v) is 4.75. The van der Waals surface area contributed by atoms with Gasteiger partial charge in [-0.25, -0.2) is 9.78 Å². The van der Waals surface area contributed by atoms with E-state index in [-0.39, 0.29) is 17.2 Å². The minimum absolute atomic E-state index is 0.0507. The molecule has 0 atom stereocenters. The number of carboxylic acid groups (broad SMARTS) is 1. The number of aromatic nitrogens is 1. The van der Waals surface area contributed by atoms with Crippen molar-refractivity contribution < 1.29 is 19.5 Å². The van der Waals surface area contributed by atoms with Gasteiger partial charge in [0, 0.05) is 11.9 Å². The summed E-state index contributed by atoms with van der Waals surface area (Å²) in [7, 11) is 0. The Hall–Kier alpha value is -1.96. The minimum Gasteiger partial charge on any atom is -0.476 e. The quantitative estimate of drug-likeness (QED) is 0.760. The standard InChI is InChI=1S/C11H15N3O4S/c1-2-3-4-14(5-8(12)15)10(16)9-13-7(6-19-9)11(17)18/h6H,2-5H2,1H3,(H2,12,15)(H,17,18). The van der Waals surface area contributed by atoms with Crippen molar-refractivity contribution >= 4 is 29.1 Å². The largest absolute Gasteiger partial charge is 0.476 e. The Kier molecular flexibility index (Phi) is 5.43. The summed E-state index contributed by atoms with van der Waals surface area (Å²) in [5.41, 5.74) is 4.91. The number of hydrogen-bond acceptors (Lipinski definition) is 5. The number of thiazole rings is 1. The van der Waals surface area contributed by atoms with E-state index < -0.39 is 17.8 Å². The molecule has 1 rings (SSSR count). The molecule has 8 heteroatoms. The van der Waals surface area contributed by atoms with Crippen LogP contribution in [-0.4, -0.2) is 45.9 Å².